The highest BCUT2D eigenvalue weighted by molar-refractivity contribution is 5.31. The summed E-state index contributed by atoms with van der Waals surface area (Å²) in [6, 6.07) is 1.96. The second-order valence-corrected chi connectivity index (χ2v) is 3.05. The van der Waals surface area contributed by atoms with Gasteiger partial charge in [0.05, 0.1) is 5.69 Å². The molecule has 2 rings (SSSR count). The summed E-state index contributed by atoms with van der Waals surface area (Å²) in [7, 11) is 0. The molecule has 0 atom stereocenters. The van der Waals surface area contributed by atoms with Crippen LogP contribution in [0.1, 0.15) is 11.4 Å². The maximum atomic E-state index is 5.44. The van der Waals surface area contributed by atoms with Gasteiger partial charge < -0.3 is 5.73 Å². The molecule has 0 amide bonds. The largest absolute Gasteiger partial charge is 0.330 e. The zero-order valence-corrected chi connectivity index (χ0v) is 7.57. The first-order valence-electron chi connectivity index (χ1n) is 4.31. The van der Waals surface area contributed by atoms with Gasteiger partial charge in [-0.3, -0.25) is 4.40 Å². The zero-order chi connectivity index (χ0) is 9.26. The summed E-state index contributed by atoms with van der Waals surface area (Å²) >= 11 is 0. The van der Waals surface area contributed by atoms with Crippen LogP contribution in [0.5, 0.6) is 0 Å². The van der Waals surface area contributed by atoms with Crippen LogP contribution in [0.3, 0.4) is 0 Å². The number of hydrogen-bond donors (Lipinski definition) is 1. The Morgan fingerprint density at radius 1 is 1.46 bits per heavy atom. The topological polar surface area (TPSA) is 56.2 Å². The molecule has 68 valence electrons. The lowest BCUT2D eigenvalue weighted by atomic mass is 10.3. The molecular formula is C9H12N4. The van der Waals surface area contributed by atoms with Gasteiger partial charge in [0.1, 0.15) is 0 Å². The number of fused-ring (bicyclic) bond motifs is 1. The van der Waals surface area contributed by atoms with Crippen LogP contribution in [0.25, 0.3) is 5.78 Å². The summed E-state index contributed by atoms with van der Waals surface area (Å²) in [5.41, 5.74) is 7.43. The molecule has 4 heteroatoms. The van der Waals surface area contributed by atoms with Crippen molar-refractivity contribution in [1.82, 2.24) is 14.4 Å². The van der Waals surface area contributed by atoms with Gasteiger partial charge in [-0.25, -0.2) is 9.97 Å². The van der Waals surface area contributed by atoms with Gasteiger partial charge >= 0.3 is 0 Å². The van der Waals surface area contributed by atoms with Crippen LogP contribution in [0, 0.1) is 6.92 Å². The molecular weight excluding hydrogens is 164 g/mol. The number of rotatable bonds is 2. The van der Waals surface area contributed by atoms with E-state index in [2.05, 4.69) is 9.97 Å². The van der Waals surface area contributed by atoms with Crippen LogP contribution in [0.2, 0.25) is 0 Å². The van der Waals surface area contributed by atoms with Crippen molar-refractivity contribution in [1.29, 1.82) is 0 Å². The van der Waals surface area contributed by atoms with E-state index in [0.29, 0.717) is 6.54 Å². The third-order valence-corrected chi connectivity index (χ3v) is 1.92. The Balaban J connectivity index is 2.49. The van der Waals surface area contributed by atoms with E-state index in [4.69, 9.17) is 5.73 Å². The number of nitrogens with two attached hydrogens (primary N) is 1. The van der Waals surface area contributed by atoms with E-state index in [1.807, 2.05) is 29.8 Å². The molecule has 13 heavy (non-hydrogen) atoms. The highest BCUT2D eigenvalue weighted by Crippen LogP contribution is 2.03. The lowest BCUT2D eigenvalue weighted by Gasteiger charge is -1.91. The van der Waals surface area contributed by atoms with E-state index in [1.54, 1.807) is 0 Å². The maximum Gasteiger partial charge on any atom is 0.234 e. The summed E-state index contributed by atoms with van der Waals surface area (Å²) < 4.78 is 1.91. The van der Waals surface area contributed by atoms with Crippen LogP contribution >= 0.6 is 0 Å². The van der Waals surface area contributed by atoms with Crippen molar-refractivity contribution in [2.75, 3.05) is 6.54 Å². The van der Waals surface area contributed by atoms with Crippen molar-refractivity contribution in [3.8, 4) is 0 Å². The van der Waals surface area contributed by atoms with Gasteiger partial charge in [0.25, 0.3) is 0 Å². The number of imidazole rings is 1. The standard InChI is InChI=1S/C9H12N4/c1-7-3-5-13-6-8(2-4-10)12-9(13)11-7/h3,5-6H,2,4,10H2,1H3. The quantitative estimate of drug-likeness (QED) is 0.726. The summed E-state index contributed by atoms with van der Waals surface area (Å²) in [6.07, 6.45) is 4.74. The van der Waals surface area contributed by atoms with Crippen molar-refractivity contribution in [3.05, 3.63) is 29.8 Å². The lowest BCUT2D eigenvalue weighted by molar-refractivity contribution is 0.936. The molecule has 0 aromatic carbocycles. The molecule has 2 aromatic heterocycles. The van der Waals surface area contributed by atoms with Gasteiger partial charge in [-0.1, -0.05) is 0 Å². The second-order valence-electron chi connectivity index (χ2n) is 3.05. The molecule has 0 aliphatic rings. The van der Waals surface area contributed by atoms with Crippen molar-refractivity contribution >= 4 is 5.78 Å². The molecule has 0 unspecified atom stereocenters. The Morgan fingerprint density at radius 2 is 2.31 bits per heavy atom. The van der Waals surface area contributed by atoms with Gasteiger partial charge in [-0.05, 0) is 19.5 Å². The lowest BCUT2D eigenvalue weighted by Crippen LogP contribution is -2.02. The van der Waals surface area contributed by atoms with E-state index >= 15 is 0 Å². The summed E-state index contributed by atoms with van der Waals surface area (Å²) in [6.45, 7) is 2.58. The normalized spacial score (nSPS) is 10.9. The van der Waals surface area contributed by atoms with Gasteiger partial charge in [0.2, 0.25) is 5.78 Å². The first kappa shape index (κ1) is 8.19. The van der Waals surface area contributed by atoms with Crippen molar-refractivity contribution in [2.24, 2.45) is 5.73 Å². The molecule has 2 aromatic rings. The van der Waals surface area contributed by atoms with E-state index in [1.165, 1.54) is 0 Å². The fourth-order valence-electron chi connectivity index (χ4n) is 1.28. The molecule has 0 radical (unpaired) electrons. The molecule has 0 saturated heterocycles. The van der Waals surface area contributed by atoms with Crippen molar-refractivity contribution in [3.63, 3.8) is 0 Å². The number of aryl methyl sites for hydroxylation is 1. The molecule has 0 fully saturated rings. The smallest absolute Gasteiger partial charge is 0.234 e. The first-order chi connectivity index (χ1) is 6.29. The van der Waals surface area contributed by atoms with E-state index in [9.17, 15) is 0 Å². The molecule has 2 heterocycles. The summed E-state index contributed by atoms with van der Waals surface area (Å²) in [5, 5.41) is 0. The molecule has 4 nitrogen and oxygen atoms in total. The predicted molar refractivity (Wildman–Crippen MR) is 50.5 cm³/mol. The Hall–Kier alpha value is -1.42. The fourth-order valence-corrected chi connectivity index (χ4v) is 1.28. The molecule has 0 aliphatic heterocycles. The highest BCUT2D eigenvalue weighted by atomic mass is 15.1. The van der Waals surface area contributed by atoms with Gasteiger partial charge in [0.15, 0.2) is 0 Å². The first-order valence-corrected chi connectivity index (χ1v) is 4.31. The van der Waals surface area contributed by atoms with E-state index < -0.39 is 0 Å². The molecule has 0 spiro atoms. The second kappa shape index (κ2) is 3.14. The van der Waals surface area contributed by atoms with Crippen LogP contribution in [0.15, 0.2) is 18.5 Å². The Bertz CT molecular complexity index is 418. The third kappa shape index (κ3) is 1.53. The minimum atomic E-state index is 0.628. The van der Waals surface area contributed by atoms with Crippen LogP contribution in [-0.4, -0.2) is 20.9 Å². The average Bonchev–Trinajstić information content (AvgIpc) is 2.46. The summed E-state index contributed by atoms with van der Waals surface area (Å²) in [4.78, 5) is 8.62. The Kier molecular flexibility index (Phi) is 1.98. The van der Waals surface area contributed by atoms with Gasteiger partial charge in [0, 0.05) is 24.5 Å². The number of hydrogen-bond acceptors (Lipinski definition) is 3. The zero-order valence-electron chi connectivity index (χ0n) is 7.57. The molecule has 0 aliphatic carbocycles. The predicted octanol–water partition coefficient (Wildman–Crippen LogP) is 0.539. The minimum absolute atomic E-state index is 0.628. The Labute approximate surface area is 76.4 Å². The van der Waals surface area contributed by atoms with Crippen LogP contribution < -0.4 is 5.73 Å². The molecule has 0 bridgehead atoms. The van der Waals surface area contributed by atoms with Crippen molar-refractivity contribution in [2.45, 2.75) is 13.3 Å². The van der Waals surface area contributed by atoms with E-state index in [-0.39, 0.29) is 0 Å². The number of aromatic nitrogens is 3. The third-order valence-electron chi connectivity index (χ3n) is 1.92. The molecule has 2 N–H and O–H groups in total. The minimum Gasteiger partial charge on any atom is -0.330 e. The number of nitrogens with zero attached hydrogens (tertiary/aromatic N) is 3. The van der Waals surface area contributed by atoms with Gasteiger partial charge in [-0.15, -0.1) is 0 Å². The average molecular weight is 176 g/mol. The maximum absolute atomic E-state index is 5.44. The van der Waals surface area contributed by atoms with E-state index in [0.717, 1.165) is 23.6 Å². The van der Waals surface area contributed by atoms with Gasteiger partial charge in [-0.2, -0.15) is 0 Å². The summed E-state index contributed by atoms with van der Waals surface area (Å²) in [5.74, 6) is 0.753. The monoisotopic (exact) mass is 176 g/mol. The molecule has 0 saturated carbocycles. The fraction of sp³-hybridized carbons (Fsp3) is 0.333. The SMILES string of the molecule is Cc1ccn2cc(CCN)nc2n1. The van der Waals surface area contributed by atoms with Crippen molar-refractivity contribution < 1.29 is 0 Å². The Morgan fingerprint density at radius 3 is 3.08 bits per heavy atom. The van der Waals surface area contributed by atoms with Crippen LogP contribution in [-0.2, 0) is 6.42 Å². The van der Waals surface area contributed by atoms with Crippen LogP contribution in [0.4, 0.5) is 0 Å². The highest BCUT2D eigenvalue weighted by Gasteiger charge is 2.00.